The summed E-state index contributed by atoms with van der Waals surface area (Å²) in [6, 6.07) is 6.18. The number of hydrogen-bond donors (Lipinski definition) is 2. The van der Waals surface area contributed by atoms with Gasteiger partial charge in [0.25, 0.3) is 0 Å². The molecule has 178 valence electrons. The number of fused-ring (bicyclic) bond motifs is 1. The number of alkyl halides is 3. The summed E-state index contributed by atoms with van der Waals surface area (Å²) in [5, 5.41) is 5.06. The van der Waals surface area contributed by atoms with Crippen molar-refractivity contribution in [2.24, 2.45) is 5.92 Å². The fourth-order valence-corrected chi connectivity index (χ4v) is 6.50. The number of carbonyl (C=O) groups is 1. The Hall–Kier alpha value is -2.00. The van der Waals surface area contributed by atoms with Crippen molar-refractivity contribution in [3.05, 3.63) is 58.0 Å². The second-order valence-corrected chi connectivity index (χ2v) is 10.2. The van der Waals surface area contributed by atoms with E-state index in [4.69, 9.17) is 11.6 Å². The third-order valence-electron chi connectivity index (χ3n) is 6.36. The molecule has 10 heteroatoms. The van der Waals surface area contributed by atoms with Crippen LogP contribution in [0, 0.1) is 11.7 Å². The highest BCUT2D eigenvalue weighted by Crippen LogP contribution is 2.47. The van der Waals surface area contributed by atoms with E-state index in [9.17, 15) is 22.4 Å². The fraction of sp³-hybridized carbons (Fsp3) is 0.478. The van der Waals surface area contributed by atoms with E-state index in [1.165, 1.54) is 43.2 Å². The first-order valence-electron chi connectivity index (χ1n) is 10.8. The van der Waals surface area contributed by atoms with Gasteiger partial charge in [0.15, 0.2) is 0 Å². The SMILES string of the molecule is CNC(=O)C1CCSC([C@@H](c2ccc(NC3Cc4ccc(Cl)c(F)c4C3)nc2)C(F)(F)F)C1. The predicted molar refractivity (Wildman–Crippen MR) is 122 cm³/mol. The smallest absolute Gasteiger partial charge is 0.367 e. The molecule has 0 spiro atoms. The van der Waals surface area contributed by atoms with Crippen molar-refractivity contribution in [3.8, 4) is 0 Å². The second-order valence-electron chi connectivity index (χ2n) is 8.49. The summed E-state index contributed by atoms with van der Waals surface area (Å²) in [6.45, 7) is 0. The molecule has 0 bridgehead atoms. The first-order valence-corrected chi connectivity index (χ1v) is 12.2. The molecular formula is C23H24ClF4N3OS. The monoisotopic (exact) mass is 501 g/mol. The number of anilines is 1. The summed E-state index contributed by atoms with van der Waals surface area (Å²) in [6.07, 6.45) is -1.45. The zero-order chi connectivity index (χ0) is 23.8. The van der Waals surface area contributed by atoms with Crippen LogP contribution in [0.2, 0.25) is 5.02 Å². The number of halogens is 5. The van der Waals surface area contributed by atoms with Crippen LogP contribution in [0.4, 0.5) is 23.4 Å². The Balaban J connectivity index is 1.47. The Bertz CT molecular complexity index is 1020. The van der Waals surface area contributed by atoms with Gasteiger partial charge in [-0.15, -0.1) is 0 Å². The first kappa shape index (κ1) is 24.1. The Morgan fingerprint density at radius 2 is 2.03 bits per heavy atom. The molecule has 1 amide bonds. The molecule has 33 heavy (non-hydrogen) atoms. The quantitative estimate of drug-likeness (QED) is 0.542. The lowest BCUT2D eigenvalue weighted by atomic mass is 9.88. The van der Waals surface area contributed by atoms with Crippen molar-refractivity contribution in [1.29, 1.82) is 0 Å². The van der Waals surface area contributed by atoms with Crippen molar-refractivity contribution >= 4 is 35.1 Å². The summed E-state index contributed by atoms with van der Waals surface area (Å²) in [7, 11) is 1.50. The highest BCUT2D eigenvalue weighted by molar-refractivity contribution is 8.00. The maximum absolute atomic E-state index is 14.2. The van der Waals surface area contributed by atoms with E-state index in [-0.39, 0.29) is 29.0 Å². The van der Waals surface area contributed by atoms with Crippen LogP contribution in [0.25, 0.3) is 0 Å². The highest BCUT2D eigenvalue weighted by Gasteiger charge is 2.48. The molecule has 2 N–H and O–H groups in total. The van der Waals surface area contributed by atoms with Gasteiger partial charge in [0.05, 0.1) is 10.9 Å². The molecule has 2 aliphatic rings. The van der Waals surface area contributed by atoms with Crippen LogP contribution in [0.15, 0.2) is 30.5 Å². The van der Waals surface area contributed by atoms with Crippen molar-refractivity contribution in [2.75, 3.05) is 18.1 Å². The molecule has 0 saturated carbocycles. The zero-order valence-electron chi connectivity index (χ0n) is 17.9. The first-order chi connectivity index (χ1) is 15.7. The van der Waals surface area contributed by atoms with E-state index < -0.39 is 29.1 Å². The minimum Gasteiger partial charge on any atom is -0.367 e. The average molecular weight is 502 g/mol. The Morgan fingerprint density at radius 1 is 1.24 bits per heavy atom. The normalized spacial score (nSPS) is 23.6. The predicted octanol–water partition coefficient (Wildman–Crippen LogP) is 5.36. The van der Waals surface area contributed by atoms with E-state index in [1.54, 1.807) is 6.07 Å². The second kappa shape index (κ2) is 9.70. The van der Waals surface area contributed by atoms with Crippen LogP contribution in [0.3, 0.4) is 0 Å². The van der Waals surface area contributed by atoms with Gasteiger partial charge in [0.2, 0.25) is 5.91 Å². The molecule has 1 saturated heterocycles. The molecule has 2 heterocycles. The van der Waals surface area contributed by atoms with Crippen molar-refractivity contribution in [3.63, 3.8) is 0 Å². The Kier molecular flexibility index (Phi) is 7.09. The van der Waals surface area contributed by atoms with E-state index in [1.807, 2.05) is 0 Å². The third kappa shape index (κ3) is 5.24. The van der Waals surface area contributed by atoms with Crippen LogP contribution in [-0.4, -0.2) is 41.2 Å². The van der Waals surface area contributed by atoms with Gasteiger partial charge < -0.3 is 10.6 Å². The largest absolute Gasteiger partial charge is 0.396 e. The van der Waals surface area contributed by atoms with Gasteiger partial charge in [-0.2, -0.15) is 24.9 Å². The highest BCUT2D eigenvalue weighted by atomic mass is 35.5. The van der Waals surface area contributed by atoms with Gasteiger partial charge in [0, 0.05) is 30.5 Å². The molecule has 1 aromatic heterocycles. The average Bonchev–Trinajstić information content (AvgIpc) is 3.20. The lowest BCUT2D eigenvalue weighted by molar-refractivity contribution is -0.152. The fourth-order valence-electron chi connectivity index (χ4n) is 4.73. The van der Waals surface area contributed by atoms with Crippen molar-refractivity contribution < 1.29 is 22.4 Å². The molecule has 1 aliphatic carbocycles. The van der Waals surface area contributed by atoms with Crippen molar-refractivity contribution in [1.82, 2.24) is 10.3 Å². The van der Waals surface area contributed by atoms with Crippen LogP contribution in [0.5, 0.6) is 0 Å². The molecule has 1 fully saturated rings. The van der Waals surface area contributed by atoms with Gasteiger partial charge >= 0.3 is 6.18 Å². The molecule has 4 rings (SSSR count). The number of thioether (sulfide) groups is 1. The summed E-state index contributed by atoms with van der Waals surface area (Å²) in [5.41, 5.74) is 1.51. The number of pyridine rings is 1. The summed E-state index contributed by atoms with van der Waals surface area (Å²) in [5.74, 6) is -1.82. The van der Waals surface area contributed by atoms with E-state index >= 15 is 0 Å². The van der Waals surface area contributed by atoms with Crippen LogP contribution in [0.1, 0.15) is 35.4 Å². The number of nitrogens with one attached hydrogen (secondary N) is 2. The maximum Gasteiger partial charge on any atom is 0.396 e. The number of carbonyl (C=O) groups excluding carboxylic acids is 1. The lowest BCUT2D eigenvalue weighted by Gasteiger charge is -2.34. The molecule has 2 aromatic rings. The van der Waals surface area contributed by atoms with Gasteiger partial charge in [-0.25, -0.2) is 9.37 Å². The molecule has 1 aromatic carbocycles. The van der Waals surface area contributed by atoms with Gasteiger partial charge in [-0.1, -0.05) is 23.7 Å². The number of amides is 1. The van der Waals surface area contributed by atoms with Gasteiger partial charge in [-0.05, 0) is 60.3 Å². The lowest BCUT2D eigenvalue weighted by Crippen LogP contribution is -2.38. The van der Waals surface area contributed by atoms with Crippen molar-refractivity contribution in [2.45, 2.75) is 49.1 Å². The van der Waals surface area contributed by atoms with Crippen LogP contribution < -0.4 is 10.6 Å². The third-order valence-corrected chi connectivity index (χ3v) is 8.02. The van der Waals surface area contributed by atoms with E-state index in [2.05, 4.69) is 15.6 Å². The number of nitrogens with zero attached hydrogens (tertiary/aromatic N) is 1. The topological polar surface area (TPSA) is 54.0 Å². The van der Waals surface area contributed by atoms with Crippen LogP contribution in [-0.2, 0) is 17.6 Å². The molecule has 4 nitrogen and oxygen atoms in total. The molecule has 1 aliphatic heterocycles. The number of rotatable bonds is 5. The number of aromatic nitrogens is 1. The molecule has 0 radical (unpaired) electrons. The minimum atomic E-state index is -4.46. The Labute approximate surface area is 198 Å². The van der Waals surface area contributed by atoms with Gasteiger partial charge in [-0.3, -0.25) is 4.79 Å². The zero-order valence-corrected chi connectivity index (χ0v) is 19.5. The molecule has 3 unspecified atom stereocenters. The van der Waals surface area contributed by atoms with E-state index in [0.717, 1.165) is 5.56 Å². The maximum atomic E-state index is 14.2. The Morgan fingerprint density at radius 3 is 2.70 bits per heavy atom. The standard InChI is InChI=1S/C23H24ClF4N3OS/c1-29-22(32)13-6-7-33-18(9-13)20(23(26,27)28)14-3-5-19(30-11-14)31-15-8-12-2-4-17(24)21(25)16(12)10-15/h2-5,11,13,15,18,20H,6-10H2,1H3,(H,29,32)(H,30,31)/t13?,15?,18?,20-/m1/s1. The summed E-state index contributed by atoms with van der Waals surface area (Å²) in [4.78, 5) is 16.2. The van der Waals surface area contributed by atoms with Crippen LogP contribution >= 0.6 is 23.4 Å². The number of benzene rings is 1. The number of hydrogen-bond acceptors (Lipinski definition) is 4. The van der Waals surface area contributed by atoms with Gasteiger partial charge in [0.1, 0.15) is 11.6 Å². The summed E-state index contributed by atoms with van der Waals surface area (Å²) < 4.78 is 56.4. The molecular weight excluding hydrogens is 478 g/mol. The summed E-state index contributed by atoms with van der Waals surface area (Å²) >= 11 is 7.12. The van der Waals surface area contributed by atoms with E-state index in [0.29, 0.717) is 36.4 Å². The minimum absolute atomic E-state index is 0.0781. The molecule has 4 atom stereocenters.